The fourth-order valence-electron chi connectivity index (χ4n) is 4.95. The highest BCUT2D eigenvalue weighted by Crippen LogP contribution is 2.46. The van der Waals surface area contributed by atoms with Crippen molar-refractivity contribution in [3.8, 4) is 0 Å². The van der Waals surface area contributed by atoms with Gasteiger partial charge in [-0.3, -0.25) is 0 Å². The molecule has 1 aliphatic carbocycles. The van der Waals surface area contributed by atoms with Crippen LogP contribution in [0.25, 0.3) is 0 Å². The summed E-state index contributed by atoms with van der Waals surface area (Å²) in [5, 5.41) is 0. The minimum absolute atomic E-state index is 0.441. The first-order valence-corrected chi connectivity index (χ1v) is 11.4. The molecule has 26 heavy (non-hydrogen) atoms. The summed E-state index contributed by atoms with van der Waals surface area (Å²) in [6.45, 7) is 18.7. The molecule has 0 nitrogen and oxygen atoms in total. The molecule has 3 unspecified atom stereocenters. The zero-order valence-corrected chi connectivity index (χ0v) is 19.0. The molecule has 1 fully saturated rings. The highest BCUT2D eigenvalue weighted by Gasteiger charge is 2.35. The lowest BCUT2D eigenvalue weighted by atomic mass is 9.67. The van der Waals surface area contributed by atoms with Crippen molar-refractivity contribution in [1.29, 1.82) is 0 Å². The lowest BCUT2D eigenvalue weighted by molar-refractivity contribution is 0.148. The lowest BCUT2D eigenvalue weighted by Gasteiger charge is -2.38. The van der Waals surface area contributed by atoms with Gasteiger partial charge in [-0.25, -0.2) is 0 Å². The molecule has 0 N–H and O–H groups in total. The van der Waals surface area contributed by atoms with Crippen molar-refractivity contribution in [3.63, 3.8) is 0 Å². The standard InChI is InChI=1S/C24H40.C2H6/c1-18(2)20-13-10-14-22(16-15-20)24(5,6)17-23(19(3)4)21-11-8-7-9-12-21;1-2/h7-9,11-12,18-20,22-23H,10,13-17H2,1-6H3;1-2H3. The molecule has 1 aliphatic rings. The van der Waals surface area contributed by atoms with E-state index in [9.17, 15) is 0 Å². The molecule has 150 valence electrons. The van der Waals surface area contributed by atoms with E-state index in [1.165, 1.54) is 44.1 Å². The van der Waals surface area contributed by atoms with Crippen molar-refractivity contribution in [1.82, 2.24) is 0 Å². The van der Waals surface area contributed by atoms with Crippen molar-refractivity contribution in [2.75, 3.05) is 0 Å². The van der Waals surface area contributed by atoms with E-state index in [1.54, 1.807) is 0 Å². The summed E-state index contributed by atoms with van der Waals surface area (Å²) in [5.41, 5.74) is 1.98. The Morgan fingerprint density at radius 2 is 1.50 bits per heavy atom. The lowest BCUT2D eigenvalue weighted by Crippen LogP contribution is -2.28. The summed E-state index contributed by atoms with van der Waals surface area (Å²) in [5.74, 6) is 4.11. The van der Waals surface area contributed by atoms with Crippen LogP contribution in [0.15, 0.2) is 30.3 Å². The Labute approximate surface area is 165 Å². The van der Waals surface area contributed by atoms with Gasteiger partial charge in [-0.05, 0) is 66.3 Å². The van der Waals surface area contributed by atoms with Crippen molar-refractivity contribution in [2.45, 2.75) is 99.8 Å². The summed E-state index contributed by atoms with van der Waals surface area (Å²) in [4.78, 5) is 0. The van der Waals surface area contributed by atoms with Crippen molar-refractivity contribution in [2.24, 2.45) is 29.1 Å². The third-order valence-electron chi connectivity index (χ3n) is 6.84. The number of hydrogen-bond donors (Lipinski definition) is 0. The van der Waals surface area contributed by atoms with E-state index in [-0.39, 0.29) is 0 Å². The maximum Gasteiger partial charge on any atom is -0.0134 e. The molecule has 0 heterocycles. The highest BCUT2D eigenvalue weighted by atomic mass is 14.4. The maximum absolute atomic E-state index is 2.55. The van der Waals surface area contributed by atoms with Crippen LogP contribution in [0.5, 0.6) is 0 Å². The molecule has 0 bridgehead atoms. The topological polar surface area (TPSA) is 0 Å². The van der Waals surface area contributed by atoms with Gasteiger partial charge in [-0.2, -0.15) is 0 Å². The summed E-state index contributed by atoms with van der Waals surface area (Å²) < 4.78 is 0. The van der Waals surface area contributed by atoms with Crippen LogP contribution in [-0.2, 0) is 0 Å². The van der Waals surface area contributed by atoms with E-state index in [1.807, 2.05) is 13.8 Å². The summed E-state index contributed by atoms with van der Waals surface area (Å²) in [6.07, 6.45) is 8.55. The molecule has 0 heteroatoms. The second kappa shape index (κ2) is 11.2. The number of rotatable bonds is 6. The van der Waals surface area contributed by atoms with Crippen LogP contribution in [0, 0.1) is 29.1 Å². The second-order valence-corrected chi connectivity index (χ2v) is 9.66. The minimum Gasteiger partial charge on any atom is -0.0683 e. The van der Waals surface area contributed by atoms with Gasteiger partial charge in [-0.1, -0.05) is 98.6 Å². The molecular weight excluding hydrogens is 312 g/mol. The molecule has 2 rings (SSSR count). The van der Waals surface area contributed by atoms with Crippen LogP contribution in [0.3, 0.4) is 0 Å². The van der Waals surface area contributed by atoms with Crippen molar-refractivity contribution >= 4 is 0 Å². The molecule has 1 aromatic carbocycles. The third-order valence-corrected chi connectivity index (χ3v) is 6.84. The molecule has 0 aliphatic heterocycles. The van der Waals surface area contributed by atoms with Gasteiger partial charge in [0.2, 0.25) is 0 Å². The van der Waals surface area contributed by atoms with Crippen LogP contribution in [0.2, 0.25) is 0 Å². The monoisotopic (exact) mass is 358 g/mol. The van der Waals surface area contributed by atoms with E-state index in [0.717, 1.165) is 17.8 Å². The Morgan fingerprint density at radius 1 is 0.885 bits per heavy atom. The smallest absolute Gasteiger partial charge is 0.0134 e. The number of hydrogen-bond acceptors (Lipinski definition) is 0. The molecule has 0 spiro atoms. The zero-order valence-electron chi connectivity index (χ0n) is 19.0. The molecule has 0 radical (unpaired) electrons. The molecular formula is C26H46. The Morgan fingerprint density at radius 3 is 2.04 bits per heavy atom. The predicted octanol–water partition coefficient (Wildman–Crippen LogP) is 8.72. The zero-order chi connectivity index (χ0) is 19.7. The van der Waals surface area contributed by atoms with Crippen LogP contribution in [0.1, 0.15) is 105 Å². The van der Waals surface area contributed by atoms with Gasteiger partial charge in [0.1, 0.15) is 0 Å². The summed E-state index contributed by atoms with van der Waals surface area (Å²) in [7, 11) is 0. The fourth-order valence-corrected chi connectivity index (χ4v) is 4.95. The Bertz CT molecular complexity index is 468. The average Bonchev–Trinajstić information content (AvgIpc) is 2.89. The summed E-state index contributed by atoms with van der Waals surface area (Å²) >= 11 is 0. The van der Waals surface area contributed by atoms with Gasteiger partial charge in [0.05, 0.1) is 0 Å². The third kappa shape index (κ3) is 6.75. The van der Waals surface area contributed by atoms with E-state index in [4.69, 9.17) is 0 Å². The van der Waals surface area contributed by atoms with Gasteiger partial charge in [0.25, 0.3) is 0 Å². The van der Waals surface area contributed by atoms with Crippen molar-refractivity contribution in [3.05, 3.63) is 35.9 Å². The molecule has 0 saturated heterocycles. The van der Waals surface area contributed by atoms with Gasteiger partial charge in [0, 0.05) is 0 Å². The molecule has 3 atom stereocenters. The van der Waals surface area contributed by atoms with Crippen molar-refractivity contribution < 1.29 is 0 Å². The quantitative estimate of drug-likeness (QED) is 0.446. The predicted molar refractivity (Wildman–Crippen MR) is 119 cm³/mol. The summed E-state index contributed by atoms with van der Waals surface area (Å²) in [6, 6.07) is 11.2. The van der Waals surface area contributed by atoms with Crippen LogP contribution in [-0.4, -0.2) is 0 Å². The molecule has 1 aromatic rings. The number of benzene rings is 1. The first kappa shape index (κ1) is 23.3. The van der Waals surface area contributed by atoms with Gasteiger partial charge >= 0.3 is 0 Å². The maximum atomic E-state index is 2.55. The van der Waals surface area contributed by atoms with Gasteiger partial charge in [-0.15, -0.1) is 0 Å². The van der Waals surface area contributed by atoms with E-state index in [0.29, 0.717) is 17.3 Å². The Hall–Kier alpha value is -0.780. The van der Waals surface area contributed by atoms with Gasteiger partial charge in [0.15, 0.2) is 0 Å². The normalized spacial score (nSPS) is 22.5. The molecule has 0 amide bonds. The first-order chi connectivity index (χ1) is 12.3. The SMILES string of the molecule is CC.CC(C)C1CCCC(C(C)(C)CC(c2ccccc2)C(C)C)CC1. The Kier molecular flexibility index (Phi) is 9.98. The average molecular weight is 359 g/mol. The van der Waals surface area contributed by atoms with Crippen LogP contribution >= 0.6 is 0 Å². The van der Waals surface area contributed by atoms with Crippen LogP contribution < -0.4 is 0 Å². The molecule has 1 saturated carbocycles. The van der Waals surface area contributed by atoms with E-state index >= 15 is 0 Å². The van der Waals surface area contributed by atoms with Gasteiger partial charge < -0.3 is 0 Å². The minimum atomic E-state index is 0.441. The first-order valence-electron chi connectivity index (χ1n) is 11.4. The Balaban J connectivity index is 0.00000163. The van der Waals surface area contributed by atoms with E-state index < -0.39 is 0 Å². The largest absolute Gasteiger partial charge is 0.0683 e. The highest BCUT2D eigenvalue weighted by molar-refractivity contribution is 5.20. The van der Waals surface area contributed by atoms with E-state index in [2.05, 4.69) is 71.9 Å². The fraction of sp³-hybridized carbons (Fsp3) is 0.769. The van der Waals surface area contributed by atoms with Crippen LogP contribution in [0.4, 0.5) is 0 Å². The second-order valence-electron chi connectivity index (χ2n) is 9.66. The molecule has 0 aromatic heterocycles.